The van der Waals surface area contributed by atoms with E-state index in [1.54, 1.807) is 18.2 Å². The number of benzene rings is 1. The SMILES string of the molecule is O=C(O)N1CCC(c2cc(=O)n3nc4cc(Cl)ccc4c3[nH]2)CC1. The maximum absolute atomic E-state index is 12.4. The lowest BCUT2D eigenvalue weighted by atomic mass is 9.93. The zero-order chi connectivity index (χ0) is 16.8. The summed E-state index contributed by atoms with van der Waals surface area (Å²) in [5.74, 6) is 0.135. The number of nitrogens with zero attached hydrogens (tertiary/aromatic N) is 3. The van der Waals surface area contributed by atoms with Crippen molar-refractivity contribution in [2.24, 2.45) is 0 Å². The number of piperidine rings is 1. The summed E-state index contributed by atoms with van der Waals surface area (Å²) in [5.41, 5.74) is 1.93. The number of halogens is 1. The fraction of sp³-hybridized carbons (Fsp3) is 0.312. The van der Waals surface area contributed by atoms with E-state index >= 15 is 0 Å². The molecule has 0 aliphatic carbocycles. The van der Waals surface area contributed by atoms with Gasteiger partial charge in [0.2, 0.25) is 0 Å². The van der Waals surface area contributed by atoms with E-state index in [0.29, 0.717) is 42.1 Å². The third kappa shape index (κ3) is 2.41. The van der Waals surface area contributed by atoms with Gasteiger partial charge in [0.05, 0.1) is 5.52 Å². The molecule has 8 heteroatoms. The van der Waals surface area contributed by atoms with Gasteiger partial charge in [-0.2, -0.15) is 9.61 Å². The first-order chi connectivity index (χ1) is 11.5. The highest BCUT2D eigenvalue weighted by Gasteiger charge is 2.24. The van der Waals surface area contributed by atoms with E-state index in [9.17, 15) is 9.59 Å². The third-order valence-electron chi connectivity index (χ3n) is 4.59. The molecule has 4 rings (SSSR count). The van der Waals surface area contributed by atoms with Crippen LogP contribution in [0, 0.1) is 0 Å². The highest BCUT2D eigenvalue weighted by Crippen LogP contribution is 2.28. The molecule has 24 heavy (non-hydrogen) atoms. The van der Waals surface area contributed by atoms with E-state index in [1.807, 2.05) is 6.07 Å². The molecule has 2 aromatic heterocycles. The van der Waals surface area contributed by atoms with Crippen LogP contribution in [0.1, 0.15) is 24.5 Å². The second kappa shape index (κ2) is 5.52. The molecule has 0 radical (unpaired) electrons. The van der Waals surface area contributed by atoms with Crippen LogP contribution in [0.5, 0.6) is 0 Å². The highest BCUT2D eigenvalue weighted by molar-refractivity contribution is 6.31. The molecular formula is C16H15ClN4O3. The minimum atomic E-state index is -0.893. The van der Waals surface area contributed by atoms with Crippen LogP contribution in [-0.2, 0) is 0 Å². The van der Waals surface area contributed by atoms with Crippen molar-refractivity contribution < 1.29 is 9.90 Å². The molecule has 0 atom stereocenters. The van der Waals surface area contributed by atoms with Gasteiger partial charge in [-0.25, -0.2) is 4.79 Å². The van der Waals surface area contributed by atoms with Crippen molar-refractivity contribution in [2.75, 3.05) is 13.1 Å². The number of nitrogens with one attached hydrogen (secondary N) is 1. The second-order valence-electron chi connectivity index (χ2n) is 6.03. The lowest BCUT2D eigenvalue weighted by Crippen LogP contribution is -2.37. The number of likely N-dealkylation sites (tertiary alicyclic amines) is 1. The van der Waals surface area contributed by atoms with Crippen LogP contribution in [0.4, 0.5) is 4.79 Å². The molecule has 7 nitrogen and oxygen atoms in total. The van der Waals surface area contributed by atoms with Crippen molar-refractivity contribution in [3.8, 4) is 0 Å². The molecule has 0 saturated carbocycles. The molecule has 1 fully saturated rings. The van der Waals surface area contributed by atoms with Crippen molar-refractivity contribution in [1.82, 2.24) is 19.5 Å². The number of H-pyrrole nitrogens is 1. The molecular weight excluding hydrogens is 332 g/mol. The van der Waals surface area contributed by atoms with E-state index < -0.39 is 6.09 Å². The molecule has 0 bridgehead atoms. The molecule has 1 aromatic carbocycles. The monoisotopic (exact) mass is 346 g/mol. The fourth-order valence-electron chi connectivity index (χ4n) is 3.31. The molecule has 0 spiro atoms. The Morgan fingerprint density at radius 1 is 1.29 bits per heavy atom. The van der Waals surface area contributed by atoms with E-state index in [1.165, 1.54) is 9.42 Å². The Balaban J connectivity index is 1.76. The zero-order valence-electron chi connectivity index (χ0n) is 12.7. The number of aromatic nitrogens is 3. The normalized spacial score (nSPS) is 16.1. The van der Waals surface area contributed by atoms with Crippen LogP contribution in [-0.4, -0.2) is 43.8 Å². The number of fused-ring (bicyclic) bond motifs is 3. The van der Waals surface area contributed by atoms with Crippen LogP contribution >= 0.6 is 11.6 Å². The van der Waals surface area contributed by atoms with Gasteiger partial charge in [-0.3, -0.25) is 4.79 Å². The van der Waals surface area contributed by atoms with Crippen LogP contribution < -0.4 is 5.56 Å². The number of aromatic amines is 1. The summed E-state index contributed by atoms with van der Waals surface area (Å²) in [4.78, 5) is 28.1. The Morgan fingerprint density at radius 3 is 2.75 bits per heavy atom. The molecule has 1 aliphatic heterocycles. The number of amides is 1. The lowest BCUT2D eigenvalue weighted by Gasteiger charge is -2.29. The Labute approximate surface area is 141 Å². The average molecular weight is 347 g/mol. The minimum Gasteiger partial charge on any atom is -0.465 e. The zero-order valence-corrected chi connectivity index (χ0v) is 13.5. The standard InChI is InChI=1S/C16H15ClN4O3/c17-10-1-2-11-13(7-10)19-21-14(22)8-12(18-15(11)21)9-3-5-20(6-4-9)16(23)24/h1-2,7-9,18H,3-6H2,(H,23,24). The van der Waals surface area contributed by atoms with Crippen molar-refractivity contribution in [3.05, 3.63) is 45.3 Å². The average Bonchev–Trinajstić information content (AvgIpc) is 2.93. The molecule has 1 aliphatic rings. The lowest BCUT2D eigenvalue weighted by molar-refractivity contribution is 0.131. The van der Waals surface area contributed by atoms with Gasteiger partial charge >= 0.3 is 6.09 Å². The predicted octanol–water partition coefficient (Wildman–Crippen LogP) is 2.69. The van der Waals surface area contributed by atoms with Gasteiger partial charge in [-0.15, -0.1) is 0 Å². The quantitative estimate of drug-likeness (QED) is 0.708. The Morgan fingerprint density at radius 2 is 2.04 bits per heavy atom. The first-order valence-electron chi connectivity index (χ1n) is 7.72. The van der Waals surface area contributed by atoms with Crippen LogP contribution in [0.2, 0.25) is 5.02 Å². The fourth-order valence-corrected chi connectivity index (χ4v) is 3.47. The second-order valence-corrected chi connectivity index (χ2v) is 6.47. The van der Waals surface area contributed by atoms with Crippen molar-refractivity contribution >= 4 is 34.2 Å². The molecule has 1 amide bonds. The van der Waals surface area contributed by atoms with Crippen LogP contribution in [0.15, 0.2) is 29.1 Å². The van der Waals surface area contributed by atoms with Gasteiger partial charge in [0.1, 0.15) is 5.65 Å². The van der Waals surface area contributed by atoms with Gasteiger partial charge in [0.25, 0.3) is 5.56 Å². The number of carbonyl (C=O) groups is 1. The van der Waals surface area contributed by atoms with Crippen LogP contribution in [0.3, 0.4) is 0 Å². The molecule has 3 heterocycles. The molecule has 3 aromatic rings. The summed E-state index contributed by atoms with van der Waals surface area (Å²) >= 11 is 5.99. The van der Waals surface area contributed by atoms with E-state index in [0.717, 1.165) is 11.1 Å². The summed E-state index contributed by atoms with van der Waals surface area (Å²) in [5, 5.41) is 14.7. The first-order valence-corrected chi connectivity index (χ1v) is 8.10. The van der Waals surface area contributed by atoms with E-state index in [4.69, 9.17) is 16.7 Å². The van der Waals surface area contributed by atoms with Crippen molar-refractivity contribution in [2.45, 2.75) is 18.8 Å². The van der Waals surface area contributed by atoms with Crippen molar-refractivity contribution in [3.63, 3.8) is 0 Å². The minimum absolute atomic E-state index is 0.135. The molecule has 0 unspecified atom stereocenters. The Kier molecular flexibility index (Phi) is 3.45. The number of carboxylic acid groups (broad SMARTS) is 1. The maximum atomic E-state index is 12.4. The van der Waals surface area contributed by atoms with Crippen LogP contribution in [0.25, 0.3) is 16.6 Å². The Hall–Kier alpha value is -2.54. The largest absolute Gasteiger partial charge is 0.465 e. The Bertz CT molecular complexity index is 1000. The summed E-state index contributed by atoms with van der Waals surface area (Å²) < 4.78 is 1.34. The predicted molar refractivity (Wildman–Crippen MR) is 89.9 cm³/mol. The summed E-state index contributed by atoms with van der Waals surface area (Å²) in [6.07, 6.45) is 0.489. The van der Waals surface area contributed by atoms with Gasteiger partial charge < -0.3 is 15.0 Å². The molecule has 1 saturated heterocycles. The van der Waals surface area contributed by atoms with E-state index in [2.05, 4.69) is 10.1 Å². The molecule has 124 valence electrons. The topological polar surface area (TPSA) is 90.7 Å². The van der Waals surface area contributed by atoms with Gasteiger partial charge in [0.15, 0.2) is 0 Å². The van der Waals surface area contributed by atoms with E-state index in [-0.39, 0.29) is 11.5 Å². The summed E-state index contributed by atoms with van der Waals surface area (Å²) in [6, 6.07) is 6.89. The number of hydrogen-bond acceptors (Lipinski definition) is 3. The number of hydrogen-bond donors (Lipinski definition) is 2. The molecule has 2 N–H and O–H groups in total. The highest BCUT2D eigenvalue weighted by atomic mass is 35.5. The summed E-state index contributed by atoms with van der Waals surface area (Å²) in [7, 11) is 0. The summed E-state index contributed by atoms with van der Waals surface area (Å²) in [6.45, 7) is 0.950. The maximum Gasteiger partial charge on any atom is 0.407 e. The smallest absolute Gasteiger partial charge is 0.407 e. The van der Waals surface area contributed by atoms with Crippen molar-refractivity contribution in [1.29, 1.82) is 0 Å². The van der Waals surface area contributed by atoms with Gasteiger partial charge in [-0.05, 0) is 31.0 Å². The number of rotatable bonds is 1. The van der Waals surface area contributed by atoms with Gasteiger partial charge in [0, 0.05) is 41.2 Å². The third-order valence-corrected chi connectivity index (χ3v) is 4.83. The first kappa shape index (κ1) is 15.0. The van der Waals surface area contributed by atoms with Gasteiger partial charge in [-0.1, -0.05) is 11.6 Å².